The second-order valence-corrected chi connectivity index (χ2v) is 13.2. The Kier molecular flexibility index (Phi) is 18.9. The van der Waals surface area contributed by atoms with E-state index in [0.29, 0.717) is 13.2 Å². The molecular weight excluding hydrogens is 708 g/mol. The van der Waals surface area contributed by atoms with Crippen molar-refractivity contribution < 1.29 is 54.8 Å². The molecule has 2 aromatic heterocycles. The zero-order valence-corrected chi connectivity index (χ0v) is 32.6. The summed E-state index contributed by atoms with van der Waals surface area (Å²) in [7, 11) is 0. The minimum absolute atomic E-state index is 0. The van der Waals surface area contributed by atoms with Gasteiger partial charge in [0.15, 0.2) is 6.29 Å². The summed E-state index contributed by atoms with van der Waals surface area (Å²) < 4.78 is 4.90. The van der Waals surface area contributed by atoms with E-state index in [0.717, 1.165) is 39.9 Å². The molecule has 0 bridgehead atoms. The minimum Gasteiger partial charge on any atom is -0.870 e. The normalized spacial score (nSPS) is 16.2. The van der Waals surface area contributed by atoms with Gasteiger partial charge in [-0.15, -0.1) is 0 Å². The Balaban J connectivity index is 0.000000271. The van der Waals surface area contributed by atoms with Crippen LogP contribution in [0.1, 0.15) is 40.3 Å². The first-order valence-electron chi connectivity index (χ1n) is 16.1. The molecule has 0 amide bonds. The third kappa shape index (κ3) is 14.4. The molecule has 14 heteroatoms. The standard InChI is InChI=1S/C20H21N3O2S.C18H19N3O2S.Na.H2O/c1-2-25-19(24)7-6-15-4-3-5-16(12-15)13-22-20-23-14-18(26-20)17-8-10-21-11-9-17;22-17(23)5-4-13-2-1-3-14(10-13)11-20-18-21-12-16(24-18)15-6-8-19-9-7-15;;/h3-12,14,20,22-23H,2,13H2,1H3;1-10,12,17-18,20-23H,11H2;;1H2/q;;+1;/p-1/b7-6+;5-4+;;. The molecule has 52 heavy (non-hydrogen) atoms. The summed E-state index contributed by atoms with van der Waals surface area (Å²) >= 11 is 3.48. The predicted molar refractivity (Wildman–Crippen MR) is 205 cm³/mol. The van der Waals surface area contributed by atoms with Crippen LogP contribution in [0.2, 0.25) is 0 Å². The number of ether oxygens (including phenoxy) is 1. The van der Waals surface area contributed by atoms with Crippen LogP contribution in [0.5, 0.6) is 0 Å². The number of thioether (sulfide) groups is 2. The van der Waals surface area contributed by atoms with Crippen LogP contribution in [-0.2, 0) is 22.6 Å². The summed E-state index contributed by atoms with van der Waals surface area (Å²) in [6.07, 6.45) is 16.0. The number of carbonyl (C=O) groups is 1. The molecule has 0 saturated carbocycles. The van der Waals surface area contributed by atoms with Crippen LogP contribution in [0.15, 0.2) is 122 Å². The molecule has 2 aromatic carbocycles. The van der Waals surface area contributed by atoms with Gasteiger partial charge in [-0.25, -0.2) is 4.79 Å². The first-order chi connectivity index (χ1) is 24.4. The van der Waals surface area contributed by atoms with Crippen LogP contribution in [0.25, 0.3) is 22.0 Å². The summed E-state index contributed by atoms with van der Waals surface area (Å²) in [5, 5.41) is 31.4. The molecule has 4 aromatic rings. The Hall–Kier alpha value is -3.73. The van der Waals surface area contributed by atoms with Crippen molar-refractivity contribution in [3.05, 3.63) is 156 Å². The van der Waals surface area contributed by atoms with Gasteiger partial charge in [0, 0.05) is 66.2 Å². The third-order valence-electron chi connectivity index (χ3n) is 7.20. The van der Waals surface area contributed by atoms with Gasteiger partial charge in [-0.2, -0.15) is 0 Å². The van der Waals surface area contributed by atoms with E-state index < -0.39 is 6.29 Å². The largest absolute Gasteiger partial charge is 1.00 e. The zero-order chi connectivity index (χ0) is 35.0. The summed E-state index contributed by atoms with van der Waals surface area (Å²) in [4.78, 5) is 21.9. The number of aliphatic hydroxyl groups excluding tert-OH is 1. The molecule has 4 heterocycles. The predicted octanol–water partition coefficient (Wildman–Crippen LogP) is 2.31. The number of esters is 1. The van der Waals surface area contributed by atoms with Crippen molar-refractivity contribution in [3.8, 4) is 0 Å². The van der Waals surface area contributed by atoms with Gasteiger partial charge in [0.2, 0.25) is 0 Å². The summed E-state index contributed by atoms with van der Waals surface area (Å²) in [6, 6.07) is 24.0. The van der Waals surface area contributed by atoms with Crippen molar-refractivity contribution >= 4 is 51.5 Å². The monoisotopic (exact) mass is 748 g/mol. The minimum atomic E-state index is -1.43. The molecule has 0 fully saturated rings. The Morgan fingerprint density at radius 3 is 1.75 bits per heavy atom. The number of pyridine rings is 2. The Labute approximate surface area is 334 Å². The zero-order valence-electron chi connectivity index (χ0n) is 28.9. The average Bonchev–Trinajstić information content (AvgIpc) is 3.84. The van der Waals surface area contributed by atoms with E-state index in [9.17, 15) is 4.79 Å². The van der Waals surface area contributed by atoms with E-state index in [-0.39, 0.29) is 52.0 Å². The second kappa shape index (κ2) is 23.0. The molecule has 266 valence electrons. The number of aliphatic hydroxyl groups is 2. The van der Waals surface area contributed by atoms with Gasteiger partial charge in [0.1, 0.15) is 11.0 Å². The molecule has 2 unspecified atom stereocenters. The molecule has 0 radical (unpaired) electrons. The van der Waals surface area contributed by atoms with Crippen molar-refractivity contribution in [3.63, 3.8) is 0 Å². The van der Waals surface area contributed by atoms with Gasteiger partial charge in [0.05, 0.1) is 6.61 Å². The van der Waals surface area contributed by atoms with Gasteiger partial charge >= 0.3 is 35.5 Å². The quantitative estimate of drug-likeness (QED) is 0.0510. The van der Waals surface area contributed by atoms with Gasteiger partial charge in [-0.3, -0.25) is 20.6 Å². The second-order valence-electron chi connectivity index (χ2n) is 10.9. The molecule has 0 spiro atoms. The van der Waals surface area contributed by atoms with Crippen molar-refractivity contribution in [2.24, 2.45) is 0 Å². The van der Waals surface area contributed by atoms with Crippen molar-refractivity contribution in [2.75, 3.05) is 6.61 Å². The SMILES string of the molecule is CCOC(=O)/C=C/c1cccc(CNC2NC=C(c3ccncc3)S2)c1.OC(O)/C=C/c1cccc(CNC2NC=C(c3ccncc3)S2)c1.[Na+].[OH-]. The van der Waals surface area contributed by atoms with E-state index >= 15 is 0 Å². The maximum Gasteiger partial charge on any atom is 1.00 e. The Morgan fingerprint density at radius 1 is 0.808 bits per heavy atom. The maximum atomic E-state index is 11.4. The molecule has 2 aliphatic rings. The fourth-order valence-corrected chi connectivity index (χ4v) is 6.75. The van der Waals surface area contributed by atoms with Crippen molar-refractivity contribution in [1.29, 1.82) is 0 Å². The average molecular weight is 749 g/mol. The van der Waals surface area contributed by atoms with Crippen LogP contribution < -0.4 is 50.8 Å². The van der Waals surface area contributed by atoms with E-state index in [2.05, 4.69) is 43.4 Å². The number of hydrogen-bond donors (Lipinski definition) is 6. The number of rotatable bonds is 13. The fourth-order valence-electron chi connectivity index (χ4n) is 4.82. The van der Waals surface area contributed by atoms with Crippen LogP contribution in [-0.4, -0.2) is 55.5 Å². The van der Waals surface area contributed by atoms with E-state index in [1.807, 2.05) is 73.1 Å². The number of aromatic nitrogens is 2. The van der Waals surface area contributed by atoms with E-state index in [1.165, 1.54) is 22.0 Å². The van der Waals surface area contributed by atoms with E-state index in [1.54, 1.807) is 67.4 Å². The van der Waals surface area contributed by atoms with Crippen LogP contribution in [0, 0.1) is 0 Å². The Bertz CT molecular complexity index is 1810. The summed E-state index contributed by atoms with van der Waals surface area (Å²) in [5.74, 6) is -0.322. The molecule has 2 atom stereocenters. The smallest absolute Gasteiger partial charge is 0.870 e. The fraction of sp³-hybridized carbons (Fsp3) is 0.184. The molecule has 7 N–H and O–H groups in total. The first-order valence-corrected chi connectivity index (χ1v) is 17.8. The number of nitrogens with one attached hydrogen (secondary N) is 4. The first kappa shape index (κ1) is 42.7. The van der Waals surface area contributed by atoms with E-state index in [4.69, 9.17) is 14.9 Å². The molecule has 0 aliphatic carbocycles. The van der Waals surface area contributed by atoms with Crippen molar-refractivity contribution in [2.45, 2.75) is 37.3 Å². The van der Waals surface area contributed by atoms with Gasteiger partial charge in [-0.1, -0.05) is 78.1 Å². The topological polar surface area (TPSA) is 171 Å². The van der Waals surface area contributed by atoms with Gasteiger partial charge in [0.25, 0.3) is 0 Å². The van der Waals surface area contributed by atoms with Crippen LogP contribution >= 0.6 is 23.5 Å². The number of carbonyl (C=O) groups excluding carboxylic acids is 1. The third-order valence-corrected chi connectivity index (χ3v) is 9.49. The summed E-state index contributed by atoms with van der Waals surface area (Å²) in [5.41, 5.74) is 6.74. The number of nitrogens with zero attached hydrogens (tertiary/aromatic N) is 2. The van der Waals surface area contributed by atoms with Crippen molar-refractivity contribution in [1.82, 2.24) is 31.2 Å². The van der Waals surface area contributed by atoms with Crippen LogP contribution in [0.3, 0.4) is 0 Å². The number of hydrogen-bond acceptors (Lipinski definition) is 13. The number of benzene rings is 2. The van der Waals surface area contributed by atoms with Gasteiger partial charge < -0.3 is 31.1 Å². The molecule has 2 aliphatic heterocycles. The van der Waals surface area contributed by atoms with Gasteiger partial charge in [-0.05, 0) is 76.7 Å². The molecular formula is C38H41N6NaO5S2. The Morgan fingerprint density at radius 2 is 1.29 bits per heavy atom. The molecule has 6 rings (SSSR count). The summed E-state index contributed by atoms with van der Waals surface area (Å²) in [6.45, 7) is 3.62. The molecule has 0 saturated heterocycles. The van der Waals surface area contributed by atoms with Crippen LogP contribution in [0.4, 0.5) is 0 Å². The maximum absolute atomic E-state index is 11.4. The molecule has 11 nitrogen and oxygen atoms in total.